The lowest BCUT2D eigenvalue weighted by molar-refractivity contribution is -0.168. The summed E-state index contributed by atoms with van der Waals surface area (Å²) in [5.74, 6) is -0.539. The predicted octanol–water partition coefficient (Wildman–Crippen LogP) is 6.54. The van der Waals surface area contributed by atoms with Crippen LogP contribution in [0.25, 0.3) is 0 Å². The van der Waals surface area contributed by atoms with Crippen molar-refractivity contribution < 1.29 is 23.9 Å². The average molecular weight is 588 g/mol. The van der Waals surface area contributed by atoms with Crippen LogP contribution >= 0.6 is 0 Å². The molecule has 2 heterocycles. The van der Waals surface area contributed by atoms with Gasteiger partial charge in [-0.05, 0) is 89.3 Å². The van der Waals surface area contributed by atoms with E-state index in [1.54, 1.807) is 29.2 Å². The zero-order valence-corrected chi connectivity index (χ0v) is 25.2. The van der Waals surface area contributed by atoms with Gasteiger partial charge in [0, 0.05) is 18.8 Å². The predicted molar refractivity (Wildman–Crippen MR) is 163 cm³/mol. The van der Waals surface area contributed by atoms with Gasteiger partial charge < -0.3 is 24.6 Å². The van der Waals surface area contributed by atoms with E-state index in [2.05, 4.69) is 21.6 Å². The van der Waals surface area contributed by atoms with Crippen molar-refractivity contribution in [2.45, 2.75) is 83.1 Å². The molecular formula is C33H41N5O5. The number of nitrogens with one attached hydrogen (secondary N) is 1. The Hall–Kier alpha value is -4.05. The van der Waals surface area contributed by atoms with Crippen molar-refractivity contribution in [3.8, 4) is 0 Å². The summed E-state index contributed by atoms with van der Waals surface area (Å²) in [7, 11) is 0. The number of ether oxygens (including phenoxy) is 2. The molecule has 2 saturated heterocycles. The first-order chi connectivity index (χ1) is 20.6. The van der Waals surface area contributed by atoms with Gasteiger partial charge in [-0.1, -0.05) is 29.8 Å². The van der Waals surface area contributed by atoms with Gasteiger partial charge in [0.15, 0.2) is 0 Å². The van der Waals surface area contributed by atoms with Crippen LogP contribution in [-0.2, 0) is 19.1 Å². The number of likely N-dealkylation sites (tertiary alicyclic amines) is 1. The number of morpholine rings is 1. The van der Waals surface area contributed by atoms with Gasteiger partial charge in [-0.3, -0.25) is 9.59 Å². The van der Waals surface area contributed by atoms with Crippen molar-refractivity contribution >= 4 is 35.0 Å². The highest BCUT2D eigenvalue weighted by Crippen LogP contribution is 2.31. The summed E-state index contributed by atoms with van der Waals surface area (Å²) in [4.78, 5) is 43.1. The maximum atomic E-state index is 13.7. The summed E-state index contributed by atoms with van der Waals surface area (Å²) in [6, 6.07) is 16.2. The number of azo groups is 1. The highest BCUT2D eigenvalue weighted by Gasteiger charge is 2.49. The molecule has 0 radical (unpaired) electrons. The fraction of sp³-hybridized carbons (Fsp3) is 0.485. The van der Waals surface area contributed by atoms with Gasteiger partial charge in [0.25, 0.3) is 5.91 Å². The lowest BCUT2D eigenvalue weighted by atomic mass is 9.96. The lowest BCUT2D eigenvalue weighted by Gasteiger charge is -2.40. The minimum atomic E-state index is -0.931. The van der Waals surface area contributed by atoms with Crippen molar-refractivity contribution in [2.75, 3.05) is 25.0 Å². The SMILES string of the molecule is CC(C)(C)OC(=O)N1CC2OC(CC(=O)Nc3ccc(N=Nc4ccccc4)cc3)C(=O)N(CCC3=CCCCC3)C2C1. The molecule has 228 valence electrons. The monoisotopic (exact) mass is 587 g/mol. The summed E-state index contributed by atoms with van der Waals surface area (Å²) in [5.41, 5.74) is 2.73. The summed E-state index contributed by atoms with van der Waals surface area (Å²) in [6.07, 6.45) is 5.70. The Labute approximate surface area is 253 Å². The number of allylic oxidation sites excluding steroid dienone is 1. The molecule has 2 aromatic carbocycles. The van der Waals surface area contributed by atoms with Crippen LogP contribution in [-0.4, -0.2) is 71.2 Å². The number of fused-ring (bicyclic) bond motifs is 1. The molecule has 10 heteroatoms. The van der Waals surface area contributed by atoms with Crippen molar-refractivity contribution in [2.24, 2.45) is 10.2 Å². The van der Waals surface area contributed by atoms with E-state index < -0.39 is 23.9 Å². The molecule has 0 spiro atoms. The van der Waals surface area contributed by atoms with Crippen LogP contribution in [0, 0.1) is 0 Å². The molecular weight excluding hydrogens is 546 g/mol. The number of rotatable bonds is 8. The third-order valence-electron chi connectivity index (χ3n) is 7.80. The molecule has 2 aromatic rings. The Morgan fingerprint density at radius 1 is 1.00 bits per heavy atom. The number of carbonyl (C=O) groups excluding carboxylic acids is 3. The normalized spacial score (nSPS) is 22.3. The number of carbonyl (C=O) groups is 3. The van der Waals surface area contributed by atoms with Crippen molar-refractivity contribution in [3.63, 3.8) is 0 Å². The van der Waals surface area contributed by atoms with Crippen LogP contribution in [0.5, 0.6) is 0 Å². The second kappa shape index (κ2) is 13.5. The van der Waals surface area contributed by atoms with Gasteiger partial charge in [0.2, 0.25) is 5.91 Å². The number of amides is 3. The summed E-state index contributed by atoms with van der Waals surface area (Å²) in [6.45, 7) is 6.68. The van der Waals surface area contributed by atoms with Crippen LogP contribution < -0.4 is 5.32 Å². The van der Waals surface area contributed by atoms with Gasteiger partial charge in [0.05, 0.1) is 36.5 Å². The quantitative estimate of drug-likeness (QED) is 0.278. The van der Waals surface area contributed by atoms with Crippen LogP contribution in [0.4, 0.5) is 21.9 Å². The number of anilines is 1. The second-order valence-electron chi connectivity index (χ2n) is 12.3. The summed E-state index contributed by atoms with van der Waals surface area (Å²) >= 11 is 0. The fourth-order valence-electron chi connectivity index (χ4n) is 5.69. The fourth-order valence-corrected chi connectivity index (χ4v) is 5.69. The molecule has 1 N–H and O–H groups in total. The van der Waals surface area contributed by atoms with Crippen molar-refractivity contribution in [1.29, 1.82) is 0 Å². The van der Waals surface area contributed by atoms with E-state index in [1.807, 2.05) is 56.0 Å². The molecule has 3 atom stereocenters. The molecule has 3 unspecified atom stereocenters. The zero-order valence-electron chi connectivity index (χ0n) is 25.2. The van der Waals surface area contributed by atoms with E-state index >= 15 is 0 Å². The Bertz CT molecular complexity index is 1350. The largest absolute Gasteiger partial charge is 0.444 e. The number of benzene rings is 2. The first-order valence-corrected chi connectivity index (χ1v) is 15.1. The number of hydrogen-bond donors (Lipinski definition) is 1. The molecule has 0 aromatic heterocycles. The van der Waals surface area contributed by atoms with E-state index in [0.717, 1.165) is 24.9 Å². The minimum absolute atomic E-state index is 0.122. The average Bonchev–Trinajstić information content (AvgIpc) is 3.41. The van der Waals surface area contributed by atoms with E-state index in [1.165, 1.54) is 18.4 Å². The Kier molecular flexibility index (Phi) is 9.55. The molecule has 3 amide bonds. The van der Waals surface area contributed by atoms with Crippen LogP contribution in [0.15, 0.2) is 76.5 Å². The third-order valence-corrected chi connectivity index (χ3v) is 7.80. The van der Waals surface area contributed by atoms with Crippen LogP contribution in [0.2, 0.25) is 0 Å². The van der Waals surface area contributed by atoms with Crippen molar-refractivity contribution in [1.82, 2.24) is 9.80 Å². The third kappa shape index (κ3) is 8.28. The van der Waals surface area contributed by atoms with Gasteiger partial charge >= 0.3 is 6.09 Å². The number of nitrogens with zero attached hydrogens (tertiary/aromatic N) is 4. The Morgan fingerprint density at radius 3 is 2.40 bits per heavy atom. The highest BCUT2D eigenvalue weighted by atomic mass is 16.6. The molecule has 2 aliphatic heterocycles. The van der Waals surface area contributed by atoms with Gasteiger partial charge in [-0.15, -0.1) is 0 Å². The van der Waals surface area contributed by atoms with E-state index in [-0.39, 0.29) is 24.3 Å². The van der Waals surface area contributed by atoms with Gasteiger partial charge in [-0.25, -0.2) is 4.79 Å². The molecule has 43 heavy (non-hydrogen) atoms. The maximum Gasteiger partial charge on any atom is 0.410 e. The Morgan fingerprint density at radius 2 is 1.72 bits per heavy atom. The first-order valence-electron chi connectivity index (χ1n) is 15.1. The smallest absolute Gasteiger partial charge is 0.410 e. The number of hydrogen-bond acceptors (Lipinski definition) is 7. The van der Waals surface area contributed by atoms with Crippen LogP contribution in [0.3, 0.4) is 0 Å². The highest BCUT2D eigenvalue weighted by molar-refractivity contribution is 5.95. The second-order valence-corrected chi connectivity index (χ2v) is 12.3. The molecule has 5 rings (SSSR count). The first kappa shape index (κ1) is 30.4. The topological polar surface area (TPSA) is 113 Å². The Balaban J connectivity index is 1.23. The molecule has 2 fully saturated rings. The molecule has 10 nitrogen and oxygen atoms in total. The molecule has 0 saturated carbocycles. The zero-order chi connectivity index (χ0) is 30.4. The minimum Gasteiger partial charge on any atom is -0.444 e. The molecule has 3 aliphatic rings. The van der Waals surface area contributed by atoms with Crippen molar-refractivity contribution in [3.05, 3.63) is 66.2 Å². The van der Waals surface area contributed by atoms with E-state index in [9.17, 15) is 14.4 Å². The molecule has 0 bridgehead atoms. The summed E-state index contributed by atoms with van der Waals surface area (Å²) in [5, 5.41) is 11.3. The van der Waals surface area contributed by atoms with Gasteiger partial charge in [-0.2, -0.15) is 10.2 Å². The van der Waals surface area contributed by atoms with Crippen LogP contribution in [0.1, 0.15) is 59.3 Å². The van der Waals surface area contributed by atoms with E-state index in [0.29, 0.717) is 31.0 Å². The summed E-state index contributed by atoms with van der Waals surface area (Å²) < 4.78 is 11.8. The van der Waals surface area contributed by atoms with Gasteiger partial charge in [0.1, 0.15) is 11.7 Å². The molecule has 1 aliphatic carbocycles. The standard InChI is InChI=1S/C33H41N5O5/c1-33(2,3)43-32(41)37-21-27-29(22-37)42-28(31(40)38(27)19-18-23-10-6-4-7-11-23)20-30(39)34-24-14-16-26(17-15-24)36-35-25-12-8-5-9-13-25/h5,8-10,12-17,27-29H,4,6-7,11,18-22H2,1-3H3,(H,34,39). The van der Waals surface area contributed by atoms with E-state index in [4.69, 9.17) is 9.47 Å². The lowest BCUT2D eigenvalue weighted by Crippen LogP contribution is -2.58. The maximum absolute atomic E-state index is 13.7.